The van der Waals surface area contributed by atoms with E-state index in [1.807, 2.05) is 10.6 Å². The van der Waals surface area contributed by atoms with Gasteiger partial charge in [0.2, 0.25) is 0 Å². The average Bonchev–Trinajstić information content (AvgIpc) is 2.55. The summed E-state index contributed by atoms with van der Waals surface area (Å²) in [5, 5.41) is 17.6. The molecule has 1 aromatic rings. The van der Waals surface area contributed by atoms with Gasteiger partial charge in [-0.1, -0.05) is 0 Å². The van der Waals surface area contributed by atoms with Crippen LogP contribution in [-0.4, -0.2) is 16.3 Å². The first-order valence-corrected chi connectivity index (χ1v) is 5.10. The molecular weight excluding hydrogens is 243 g/mol. The quantitative estimate of drug-likeness (QED) is 0.648. The highest BCUT2D eigenvalue weighted by Gasteiger charge is 2.26. The molecular formula is C8H6BBrN4. The minimum Gasteiger partial charge on any atom is -0.323 e. The fraction of sp³-hybridized carbons (Fsp3) is 0.375. The van der Waals surface area contributed by atoms with Crippen molar-refractivity contribution in [2.75, 3.05) is 0 Å². The molecule has 1 aromatic heterocycles. The van der Waals surface area contributed by atoms with E-state index in [9.17, 15) is 0 Å². The summed E-state index contributed by atoms with van der Waals surface area (Å²) in [5.74, 6) is 3.08. The predicted molar refractivity (Wildman–Crippen MR) is 54.5 cm³/mol. The van der Waals surface area contributed by atoms with Crippen LogP contribution in [0.25, 0.3) is 0 Å². The SMILES string of the molecule is N#CB1CCn2c(nc(C#N)c2Br)C1. The van der Waals surface area contributed by atoms with E-state index in [4.69, 9.17) is 10.5 Å². The zero-order valence-corrected chi connectivity index (χ0v) is 8.95. The van der Waals surface area contributed by atoms with Crippen molar-refractivity contribution in [3.8, 4) is 12.0 Å². The first-order chi connectivity index (χ1) is 6.76. The van der Waals surface area contributed by atoms with Gasteiger partial charge in [-0.2, -0.15) is 5.26 Å². The molecule has 0 aromatic carbocycles. The van der Waals surface area contributed by atoms with E-state index in [2.05, 4.69) is 26.9 Å². The fourth-order valence-corrected chi connectivity index (χ4v) is 2.21. The number of nitrogens with zero attached hydrogens (tertiary/aromatic N) is 4. The van der Waals surface area contributed by atoms with E-state index in [1.165, 1.54) is 0 Å². The molecule has 0 unspecified atom stereocenters. The van der Waals surface area contributed by atoms with Gasteiger partial charge in [0.15, 0.2) is 5.69 Å². The Labute approximate surface area is 90.4 Å². The molecule has 0 radical (unpaired) electrons. The van der Waals surface area contributed by atoms with Crippen molar-refractivity contribution in [3.63, 3.8) is 0 Å². The smallest absolute Gasteiger partial charge is 0.277 e. The van der Waals surface area contributed by atoms with Gasteiger partial charge in [0.1, 0.15) is 16.5 Å². The maximum absolute atomic E-state index is 8.79. The van der Waals surface area contributed by atoms with E-state index in [1.54, 1.807) is 0 Å². The highest BCUT2D eigenvalue weighted by Crippen LogP contribution is 2.23. The molecule has 68 valence electrons. The Bertz CT molecular complexity index is 453. The number of nitriles is 2. The van der Waals surface area contributed by atoms with Gasteiger partial charge in [-0.25, -0.2) is 10.2 Å². The maximum atomic E-state index is 8.79. The lowest BCUT2D eigenvalue weighted by atomic mass is 9.45. The number of hydrogen-bond donors (Lipinski definition) is 0. The Hall–Kier alpha value is -1.27. The molecule has 0 N–H and O–H groups in total. The second kappa shape index (κ2) is 3.47. The molecule has 0 bridgehead atoms. The summed E-state index contributed by atoms with van der Waals surface area (Å²) in [6.07, 6.45) is 1.49. The Morgan fingerprint density at radius 2 is 2.29 bits per heavy atom. The molecule has 4 nitrogen and oxygen atoms in total. The summed E-state index contributed by atoms with van der Waals surface area (Å²) in [6, 6.07) is 2.02. The summed E-state index contributed by atoms with van der Waals surface area (Å²) in [4.78, 5) is 4.17. The van der Waals surface area contributed by atoms with Crippen LogP contribution in [0.2, 0.25) is 6.32 Å². The zero-order valence-electron chi connectivity index (χ0n) is 7.37. The Morgan fingerprint density at radius 3 is 2.93 bits per heavy atom. The van der Waals surface area contributed by atoms with Crippen LogP contribution in [0, 0.1) is 22.6 Å². The number of halogens is 1. The Morgan fingerprint density at radius 1 is 1.50 bits per heavy atom. The largest absolute Gasteiger partial charge is 0.323 e. The number of fused-ring (bicyclic) bond motifs is 1. The summed E-state index contributed by atoms with van der Waals surface area (Å²) < 4.78 is 2.71. The Balaban J connectivity index is 2.42. The van der Waals surface area contributed by atoms with Gasteiger partial charge < -0.3 is 4.57 Å². The normalized spacial score (nSPS) is 14.4. The van der Waals surface area contributed by atoms with E-state index >= 15 is 0 Å². The summed E-state index contributed by atoms with van der Waals surface area (Å²) >= 11 is 3.33. The van der Waals surface area contributed by atoms with E-state index in [0.29, 0.717) is 12.0 Å². The topological polar surface area (TPSA) is 65.4 Å². The minimum absolute atomic E-state index is 0.0448. The molecule has 6 heteroatoms. The molecule has 1 aliphatic rings. The molecule has 0 saturated carbocycles. The minimum atomic E-state index is 0.0448. The van der Waals surface area contributed by atoms with Crippen molar-refractivity contribution in [2.24, 2.45) is 0 Å². The van der Waals surface area contributed by atoms with Gasteiger partial charge in [-0.3, -0.25) is 0 Å². The number of hydrogen-bond acceptors (Lipinski definition) is 3. The molecule has 0 atom stereocenters. The first kappa shape index (κ1) is 9.30. The van der Waals surface area contributed by atoms with Gasteiger partial charge in [0.25, 0.3) is 6.71 Å². The number of rotatable bonds is 0. The average molecular weight is 249 g/mol. The van der Waals surface area contributed by atoms with E-state index in [0.717, 1.165) is 23.3 Å². The third kappa shape index (κ3) is 1.32. The standard InChI is InChI=1S/C8H6BBrN4/c10-8-6(4-11)13-7-3-9(5-12)1-2-14(7)8/h1-3H2. The molecule has 0 fully saturated rings. The molecule has 0 amide bonds. The molecule has 2 rings (SSSR count). The molecule has 0 saturated heterocycles. The van der Waals surface area contributed by atoms with Crippen molar-refractivity contribution in [2.45, 2.75) is 19.2 Å². The molecule has 14 heavy (non-hydrogen) atoms. The lowest BCUT2D eigenvalue weighted by Gasteiger charge is -2.15. The first-order valence-electron chi connectivity index (χ1n) is 4.31. The van der Waals surface area contributed by atoms with Gasteiger partial charge in [-0.15, -0.1) is 0 Å². The third-order valence-corrected chi connectivity index (χ3v) is 3.21. The fourth-order valence-electron chi connectivity index (χ4n) is 1.65. The second-order valence-electron chi connectivity index (χ2n) is 3.25. The Kier molecular flexibility index (Phi) is 2.31. The van der Waals surface area contributed by atoms with Gasteiger partial charge in [-0.05, 0) is 28.6 Å². The monoisotopic (exact) mass is 248 g/mol. The molecule has 0 spiro atoms. The lowest BCUT2D eigenvalue weighted by Crippen LogP contribution is -2.26. The van der Waals surface area contributed by atoms with E-state index < -0.39 is 0 Å². The third-order valence-electron chi connectivity index (χ3n) is 2.40. The van der Waals surface area contributed by atoms with Crippen LogP contribution in [-0.2, 0) is 12.9 Å². The second-order valence-corrected chi connectivity index (χ2v) is 4.00. The summed E-state index contributed by atoms with van der Waals surface area (Å²) in [5.41, 5.74) is 0.415. The van der Waals surface area contributed by atoms with Crippen molar-refractivity contribution >= 4 is 22.6 Å². The summed E-state index contributed by atoms with van der Waals surface area (Å²) in [7, 11) is 0. The predicted octanol–water partition coefficient (Wildman–Crippen LogP) is 1.17. The van der Waals surface area contributed by atoms with Gasteiger partial charge in [0.05, 0.1) is 0 Å². The highest BCUT2D eigenvalue weighted by atomic mass is 79.9. The van der Waals surface area contributed by atoms with Crippen LogP contribution < -0.4 is 0 Å². The molecule has 1 aliphatic heterocycles. The number of imidazole rings is 1. The van der Waals surface area contributed by atoms with Gasteiger partial charge in [0, 0.05) is 12.5 Å². The van der Waals surface area contributed by atoms with E-state index in [-0.39, 0.29) is 6.71 Å². The lowest BCUT2D eigenvalue weighted by molar-refractivity contribution is 0.680. The zero-order chi connectivity index (χ0) is 10.1. The van der Waals surface area contributed by atoms with Crippen molar-refractivity contribution in [1.29, 1.82) is 10.5 Å². The highest BCUT2D eigenvalue weighted by molar-refractivity contribution is 9.10. The van der Waals surface area contributed by atoms with Crippen LogP contribution in [0.4, 0.5) is 0 Å². The van der Waals surface area contributed by atoms with Crippen LogP contribution in [0.5, 0.6) is 0 Å². The molecule has 0 aliphatic carbocycles. The van der Waals surface area contributed by atoms with Gasteiger partial charge >= 0.3 is 0 Å². The van der Waals surface area contributed by atoms with Crippen molar-refractivity contribution in [1.82, 2.24) is 9.55 Å². The summed E-state index contributed by atoms with van der Waals surface area (Å²) in [6.45, 7) is 0.811. The van der Waals surface area contributed by atoms with Crippen LogP contribution in [0.1, 0.15) is 11.5 Å². The number of aromatic nitrogens is 2. The maximum Gasteiger partial charge on any atom is 0.277 e. The van der Waals surface area contributed by atoms with Crippen molar-refractivity contribution < 1.29 is 0 Å². The molecule has 2 heterocycles. The van der Waals surface area contributed by atoms with Crippen LogP contribution >= 0.6 is 15.9 Å². The van der Waals surface area contributed by atoms with Crippen molar-refractivity contribution in [3.05, 3.63) is 16.1 Å². The van der Waals surface area contributed by atoms with Crippen LogP contribution in [0.15, 0.2) is 4.60 Å². The van der Waals surface area contributed by atoms with Crippen LogP contribution in [0.3, 0.4) is 0 Å².